The molecule has 0 saturated carbocycles. The first kappa shape index (κ1) is 28.5. The van der Waals surface area contributed by atoms with E-state index < -0.39 is 0 Å². The van der Waals surface area contributed by atoms with Crippen molar-refractivity contribution in [3.8, 4) is 5.75 Å². The highest BCUT2D eigenvalue weighted by Crippen LogP contribution is 2.24. The minimum absolute atomic E-state index is 0.0155. The van der Waals surface area contributed by atoms with Crippen LogP contribution >= 0.6 is 11.6 Å². The highest BCUT2D eigenvalue weighted by atomic mass is 35.5. The minimum atomic E-state index is -0.280. The van der Waals surface area contributed by atoms with Crippen molar-refractivity contribution in [3.63, 3.8) is 0 Å². The molecular formula is C30H37ClN4O4. The standard InChI is InChI=1S/C30H37ClN4O4/c1-21(2)17-24-20-39-27-10-9-23(31)18-25(27)30(38)32-13-5-6-14-35(19-28(36)33-24)29(37)12-16-34-15-11-22-7-3-4-8-26(22)34/h3-4,7-11,15,18,21,24H,5-6,12-14,16-17,19-20H2,1-2H3,(H,32,38)(H,33,36)/t24-/m1/s1. The number of hydrogen-bond acceptors (Lipinski definition) is 4. The summed E-state index contributed by atoms with van der Waals surface area (Å²) >= 11 is 6.15. The van der Waals surface area contributed by atoms with Crippen molar-refractivity contribution in [2.75, 3.05) is 26.2 Å². The van der Waals surface area contributed by atoms with E-state index in [1.54, 1.807) is 23.1 Å². The smallest absolute Gasteiger partial charge is 0.255 e. The first-order valence-electron chi connectivity index (χ1n) is 13.6. The molecule has 0 spiro atoms. The van der Waals surface area contributed by atoms with Crippen LogP contribution in [0.15, 0.2) is 54.7 Å². The third kappa shape index (κ3) is 7.99. The van der Waals surface area contributed by atoms with Gasteiger partial charge in [0.05, 0.1) is 18.2 Å². The molecule has 208 valence electrons. The topological polar surface area (TPSA) is 92.7 Å². The zero-order valence-corrected chi connectivity index (χ0v) is 23.4. The van der Waals surface area contributed by atoms with Gasteiger partial charge in [0.2, 0.25) is 11.8 Å². The van der Waals surface area contributed by atoms with Gasteiger partial charge >= 0.3 is 0 Å². The maximum absolute atomic E-state index is 13.3. The van der Waals surface area contributed by atoms with Crippen molar-refractivity contribution in [1.29, 1.82) is 0 Å². The van der Waals surface area contributed by atoms with Crippen LogP contribution in [0.4, 0.5) is 0 Å². The molecule has 2 aromatic carbocycles. The molecule has 0 unspecified atom stereocenters. The number of carbonyl (C=O) groups excluding carboxylic acids is 3. The van der Waals surface area contributed by atoms with Crippen LogP contribution in [-0.4, -0.2) is 59.5 Å². The Balaban J connectivity index is 1.47. The van der Waals surface area contributed by atoms with E-state index in [2.05, 4.69) is 29.0 Å². The van der Waals surface area contributed by atoms with Crippen LogP contribution in [0.1, 0.15) is 49.9 Å². The second-order valence-electron chi connectivity index (χ2n) is 10.4. The number of benzene rings is 2. The van der Waals surface area contributed by atoms with Crippen LogP contribution in [0.3, 0.4) is 0 Å². The molecule has 9 heteroatoms. The first-order chi connectivity index (χ1) is 18.8. The average molecular weight is 553 g/mol. The number of ether oxygens (including phenoxy) is 1. The number of para-hydroxylation sites is 1. The van der Waals surface area contributed by atoms with Gasteiger partial charge in [0.1, 0.15) is 12.4 Å². The lowest BCUT2D eigenvalue weighted by molar-refractivity contribution is -0.136. The predicted octanol–water partition coefficient (Wildman–Crippen LogP) is 4.65. The van der Waals surface area contributed by atoms with Gasteiger partial charge in [-0.05, 0) is 60.9 Å². The lowest BCUT2D eigenvalue weighted by Gasteiger charge is -2.25. The number of aromatic nitrogens is 1. The fraction of sp³-hybridized carbons (Fsp3) is 0.433. The lowest BCUT2D eigenvalue weighted by Crippen LogP contribution is -2.47. The third-order valence-electron chi connectivity index (χ3n) is 6.82. The van der Waals surface area contributed by atoms with Crippen LogP contribution in [0.25, 0.3) is 10.9 Å². The molecule has 1 aromatic heterocycles. The van der Waals surface area contributed by atoms with E-state index in [1.165, 1.54) is 0 Å². The summed E-state index contributed by atoms with van der Waals surface area (Å²) in [5.41, 5.74) is 1.44. The molecule has 3 aromatic rings. The number of aryl methyl sites for hydroxylation is 1. The Labute approximate surface area is 234 Å². The number of hydrogen-bond donors (Lipinski definition) is 2. The third-order valence-corrected chi connectivity index (χ3v) is 7.06. The summed E-state index contributed by atoms with van der Waals surface area (Å²) in [7, 11) is 0. The Morgan fingerprint density at radius 3 is 2.77 bits per heavy atom. The molecule has 0 bridgehead atoms. The molecule has 2 heterocycles. The molecule has 1 aliphatic heterocycles. The van der Waals surface area contributed by atoms with Gasteiger partial charge in [-0.2, -0.15) is 0 Å². The summed E-state index contributed by atoms with van der Waals surface area (Å²) in [6.45, 7) is 5.73. The molecule has 0 saturated heterocycles. The molecule has 2 N–H and O–H groups in total. The fourth-order valence-electron chi connectivity index (χ4n) is 4.91. The Kier molecular flexibility index (Phi) is 9.87. The summed E-state index contributed by atoms with van der Waals surface area (Å²) < 4.78 is 8.09. The highest BCUT2D eigenvalue weighted by Gasteiger charge is 2.22. The normalized spacial score (nSPS) is 17.5. The molecule has 39 heavy (non-hydrogen) atoms. The lowest BCUT2D eigenvalue weighted by atomic mass is 10.0. The average Bonchev–Trinajstić information content (AvgIpc) is 3.32. The van der Waals surface area contributed by atoms with Gasteiger partial charge in [-0.25, -0.2) is 0 Å². The zero-order valence-electron chi connectivity index (χ0n) is 22.6. The number of fused-ring (bicyclic) bond motifs is 2. The number of halogens is 1. The number of rotatable bonds is 5. The monoisotopic (exact) mass is 552 g/mol. The van der Waals surface area contributed by atoms with Crippen molar-refractivity contribution < 1.29 is 19.1 Å². The first-order valence-corrected chi connectivity index (χ1v) is 14.0. The van der Waals surface area contributed by atoms with E-state index in [1.807, 2.05) is 36.5 Å². The van der Waals surface area contributed by atoms with Gasteiger partial charge < -0.3 is 24.8 Å². The van der Waals surface area contributed by atoms with Gasteiger partial charge in [-0.3, -0.25) is 14.4 Å². The summed E-state index contributed by atoms with van der Waals surface area (Å²) in [6, 6.07) is 14.8. The minimum Gasteiger partial charge on any atom is -0.491 e. The Hall–Kier alpha value is -3.52. The molecule has 3 amide bonds. The van der Waals surface area contributed by atoms with Crippen LogP contribution in [0.2, 0.25) is 5.02 Å². The quantitative estimate of drug-likeness (QED) is 0.482. The predicted molar refractivity (Wildman–Crippen MR) is 153 cm³/mol. The van der Waals surface area contributed by atoms with Gasteiger partial charge in [-0.15, -0.1) is 0 Å². The van der Waals surface area contributed by atoms with E-state index >= 15 is 0 Å². The van der Waals surface area contributed by atoms with Gasteiger partial charge in [-0.1, -0.05) is 43.6 Å². The summed E-state index contributed by atoms with van der Waals surface area (Å²) in [4.78, 5) is 40.9. The van der Waals surface area contributed by atoms with Crippen LogP contribution in [0.5, 0.6) is 5.75 Å². The second-order valence-corrected chi connectivity index (χ2v) is 10.9. The van der Waals surface area contributed by atoms with Crippen LogP contribution in [-0.2, 0) is 16.1 Å². The molecule has 0 fully saturated rings. The van der Waals surface area contributed by atoms with Crippen molar-refractivity contribution in [2.24, 2.45) is 5.92 Å². The zero-order chi connectivity index (χ0) is 27.8. The molecule has 1 atom stereocenters. The largest absolute Gasteiger partial charge is 0.491 e. The van der Waals surface area contributed by atoms with Crippen molar-refractivity contribution >= 4 is 40.2 Å². The maximum atomic E-state index is 13.3. The molecule has 8 nitrogen and oxygen atoms in total. The van der Waals surface area contributed by atoms with E-state index in [0.717, 1.165) is 10.9 Å². The van der Waals surface area contributed by atoms with Crippen molar-refractivity contribution in [1.82, 2.24) is 20.1 Å². The molecule has 4 rings (SSSR count). The molecule has 1 aliphatic rings. The number of nitrogens with one attached hydrogen (secondary N) is 2. The second kappa shape index (κ2) is 13.5. The van der Waals surface area contributed by atoms with Gasteiger partial charge in [0, 0.05) is 42.8 Å². The van der Waals surface area contributed by atoms with Crippen molar-refractivity contribution in [2.45, 2.75) is 52.1 Å². The Bertz CT molecular complexity index is 1310. The Morgan fingerprint density at radius 1 is 1.13 bits per heavy atom. The maximum Gasteiger partial charge on any atom is 0.255 e. The number of nitrogens with zero attached hydrogens (tertiary/aromatic N) is 2. The summed E-state index contributed by atoms with van der Waals surface area (Å²) in [5.74, 6) is 0.172. The summed E-state index contributed by atoms with van der Waals surface area (Å²) in [6.07, 6.45) is 4.28. The van der Waals surface area contributed by atoms with E-state index in [0.29, 0.717) is 61.2 Å². The van der Waals surface area contributed by atoms with Crippen LogP contribution < -0.4 is 15.4 Å². The number of carbonyl (C=O) groups is 3. The van der Waals surface area contributed by atoms with Gasteiger partial charge in [0.25, 0.3) is 5.91 Å². The molecule has 0 aliphatic carbocycles. The highest BCUT2D eigenvalue weighted by molar-refractivity contribution is 6.31. The SMILES string of the molecule is CC(C)C[C@@H]1COc2ccc(Cl)cc2C(=O)NCCCCN(C(=O)CCn2ccc3ccccc32)CC(=O)N1. The summed E-state index contributed by atoms with van der Waals surface area (Å²) in [5, 5.41) is 7.56. The van der Waals surface area contributed by atoms with Gasteiger partial charge in [0.15, 0.2) is 0 Å². The van der Waals surface area contributed by atoms with Crippen molar-refractivity contribution in [3.05, 3.63) is 65.3 Å². The van der Waals surface area contributed by atoms with Crippen LogP contribution in [0, 0.1) is 5.92 Å². The van der Waals surface area contributed by atoms with E-state index in [9.17, 15) is 14.4 Å². The fourth-order valence-corrected chi connectivity index (χ4v) is 5.08. The molecule has 0 radical (unpaired) electrons. The number of amides is 3. The Morgan fingerprint density at radius 2 is 1.95 bits per heavy atom. The molecular weight excluding hydrogens is 516 g/mol. The van der Waals surface area contributed by atoms with E-state index in [4.69, 9.17) is 16.3 Å². The van der Waals surface area contributed by atoms with E-state index in [-0.39, 0.29) is 43.3 Å².